The molecule has 0 aromatic heterocycles. The van der Waals surface area contributed by atoms with Crippen LogP contribution in [-0.2, 0) is 20.2 Å². The van der Waals surface area contributed by atoms with Gasteiger partial charge >= 0.3 is 0 Å². The summed E-state index contributed by atoms with van der Waals surface area (Å²) in [4.78, 5) is 13.2. The summed E-state index contributed by atoms with van der Waals surface area (Å²) >= 11 is 0. The van der Waals surface area contributed by atoms with Crippen molar-refractivity contribution < 1.29 is 22.3 Å². The van der Waals surface area contributed by atoms with Crippen LogP contribution in [0.5, 0.6) is 0 Å². The number of halogens is 1. The average molecular weight is 475 g/mol. The molecule has 2 fully saturated rings. The van der Waals surface area contributed by atoms with E-state index in [0.717, 1.165) is 24.8 Å². The molecular weight excluding hydrogens is 443 g/mol. The van der Waals surface area contributed by atoms with E-state index in [0.29, 0.717) is 44.7 Å². The molecule has 0 bridgehead atoms. The van der Waals surface area contributed by atoms with Gasteiger partial charge in [0.15, 0.2) is 0 Å². The van der Waals surface area contributed by atoms with E-state index >= 15 is 0 Å². The standard InChI is InChI=1S/C25H31FN2O4S/c1-19-5-2-3-14-28(19)33(30,31)23-7-4-6-20(17-23)24(29)27-18-25(12-15-32-16-13-25)21-8-10-22(26)11-9-21/h4,6-11,17,19H,2-3,5,12-16,18H2,1H3,(H,27,29). The Bertz CT molecular complexity index is 1080. The van der Waals surface area contributed by atoms with Crippen molar-refractivity contribution in [3.8, 4) is 0 Å². The van der Waals surface area contributed by atoms with Crippen molar-refractivity contribution in [2.75, 3.05) is 26.3 Å². The maximum absolute atomic E-state index is 13.5. The fraction of sp³-hybridized carbons (Fsp3) is 0.480. The molecule has 8 heteroatoms. The van der Waals surface area contributed by atoms with Crippen molar-refractivity contribution in [1.82, 2.24) is 9.62 Å². The summed E-state index contributed by atoms with van der Waals surface area (Å²) < 4.78 is 46.9. The van der Waals surface area contributed by atoms with Crippen molar-refractivity contribution in [2.24, 2.45) is 0 Å². The number of amides is 1. The molecule has 0 spiro atoms. The van der Waals surface area contributed by atoms with Crippen LogP contribution in [-0.4, -0.2) is 51.0 Å². The monoisotopic (exact) mass is 474 g/mol. The third kappa shape index (κ3) is 5.13. The Balaban J connectivity index is 1.52. The van der Waals surface area contributed by atoms with Crippen LogP contribution in [0, 0.1) is 5.82 Å². The highest BCUT2D eigenvalue weighted by Gasteiger charge is 2.35. The molecule has 2 aromatic carbocycles. The molecule has 1 unspecified atom stereocenters. The summed E-state index contributed by atoms with van der Waals surface area (Å²) in [6.45, 7) is 3.92. The number of piperidine rings is 1. The van der Waals surface area contributed by atoms with Crippen molar-refractivity contribution in [1.29, 1.82) is 0 Å². The second-order valence-electron chi connectivity index (χ2n) is 9.07. The first-order chi connectivity index (χ1) is 15.8. The van der Waals surface area contributed by atoms with Crippen LogP contribution in [0.4, 0.5) is 4.39 Å². The Hall–Kier alpha value is -2.29. The van der Waals surface area contributed by atoms with E-state index in [1.54, 1.807) is 34.6 Å². The maximum atomic E-state index is 13.5. The molecule has 2 aliphatic heterocycles. The van der Waals surface area contributed by atoms with Gasteiger partial charge in [-0.1, -0.05) is 24.6 Å². The molecule has 1 atom stereocenters. The molecule has 0 radical (unpaired) electrons. The number of carbonyl (C=O) groups excluding carboxylic acids is 1. The van der Waals surface area contributed by atoms with Gasteiger partial charge in [0.05, 0.1) is 4.90 Å². The smallest absolute Gasteiger partial charge is 0.251 e. The molecule has 33 heavy (non-hydrogen) atoms. The van der Waals surface area contributed by atoms with Crippen LogP contribution in [0.25, 0.3) is 0 Å². The highest BCUT2D eigenvalue weighted by molar-refractivity contribution is 7.89. The van der Waals surface area contributed by atoms with Crippen molar-refractivity contribution in [3.05, 3.63) is 65.5 Å². The molecule has 2 heterocycles. The van der Waals surface area contributed by atoms with Gasteiger partial charge in [-0.15, -0.1) is 0 Å². The molecule has 0 aliphatic carbocycles. The zero-order valence-electron chi connectivity index (χ0n) is 18.9. The predicted molar refractivity (Wildman–Crippen MR) is 124 cm³/mol. The highest BCUT2D eigenvalue weighted by Crippen LogP contribution is 2.34. The Kier molecular flexibility index (Phi) is 7.16. The topological polar surface area (TPSA) is 75.7 Å². The molecule has 4 rings (SSSR count). The van der Waals surface area contributed by atoms with Gasteiger partial charge in [-0.25, -0.2) is 12.8 Å². The Morgan fingerprint density at radius 2 is 1.88 bits per heavy atom. The first kappa shape index (κ1) is 23.9. The third-order valence-corrected chi connectivity index (χ3v) is 8.95. The van der Waals surface area contributed by atoms with Crippen molar-refractivity contribution >= 4 is 15.9 Å². The molecule has 2 saturated heterocycles. The molecule has 2 aromatic rings. The van der Waals surface area contributed by atoms with Crippen molar-refractivity contribution in [3.63, 3.8) is 0 Å². The number of nitrogens with one attached hydrogen (secondary N) is 1. The van der Waals surface area contributed by atoms with Gasteiger partial charge in [-0.2, -0.15) is 4.31 Å². The molecule has 1 N–H and O–H groups in total. The second-order valence-corrected chi connectivity index (χ2v) is 11.0. The van der Waals surface area contributed by atoms with Gasteiger partial charge in [-0.05, 0) is 68.5 Å². The van der Waals surface area contributed by atoms with E-state index in [-0.39, 0.29) is 28.1 Å². The minimum atomic E-state index is -3.66. The van der Waals surface area contributed by atoms with E-state index in [4.69, 9.17) is 4.74 Å². The molecular formula is C25H31FN2O4S. The number of hydrogen-bond acceptors (Lipinski definition) is 4. The largest absolute Gasteiger partial charge is 0.381 e. The predicted octanol–water partition coefficient (Wildman–Crippen LogP) is 3.87. The van der Waals surface area contributed by atoms with Crippen LogP contribution in [0.2, 0.25) is 0 Å². The number of nitrogens with zero attached hydrogens (tertiary/aromatic N) is 1. The first-order valence-electron chi connectivity index (χ1n) is 11.6. The minimum Gasteiger partial charge on any atom is -0.381 e. The Labute approximate surface area is 195 Å². The summed E-state index contributed by atoms with van der Waals surface area (Å²) in [5.74, 6) is -0.627. The lowest BCUT2D eigenvalue weighted by Gasteiger charge is -2.38. The van der Waals surface area contributed by atoms with Crippen LogP contribution in [0.15, 0.2) is 53.4 Å². The molecule has 2 aliphatic rings. The lowest BCUT2D eigenvalue weighted by atomic mass is 9.74. The number of hydrogen-bond donors (Lipinski definition) is 1. The molecule has 6 nitrogen and oxygen atoms in total. The highest BCUT2D eigenvalue weighted by atomic mass is 32.2. The van der Waals surface area contributed by atoms with Crippen LogP contribution < -0.4 is 5.32 Å². The molecule has 178 valence electrons. The zero-order valence-corrected chi connectivity index (χ0v) is 19.7. The fourth-order valence-corrected chi connectivity index (χ4v) is 6.59. The van der Waals surface area contributed by atoms with E-state index in [9.17, 15) is 17.6 Å². The molecule has 1 amide bonds. The summed E-state index contributed by atoms with van der Waals surface area (Å²) in [6.07, 6.45) is 4.13. The lowest BCUT2D eigenvalue weighted by molar-refractivity contribution is 0.0487. The Morgan fingerprint density at radius 1 is 1.15 bits per heavy atom. The number of rotatable bonds is 6. The van der Waals surface area contributed by atoms with Gasteiger partial charge in [0.1, 0.15) is 5.82 Å². The summed E-state index contributed by atoms with van der Waals surface area (Å²) in [5.41, 5.74) is 0.916. The number of ether oxygens (including phenoxy) is 1. The zero-order chi connectivity index (χ0) is 23.5. The van der Waals surface area contributed by atoms with Crippen LogP contribution in [0.3, 0.4) is 0 Å². The number of sulfonamides is 1. The summed E-state index contributed by atoms with van der Waals surface area (Å²) in [7, 11) is -3.66. The van der Waals surface area contributed by atoms with Gasteiger partial charge in [0, 0.05) is 43.3 Å². The van der Waals surface area contributed by atoms with Gasteiger partial charge in [0.2, 0.25) is 10.0 Å². The molecule has 0 saturated carbocycles. The minimum absolute atomic E-state index is 0.0506. The maximum Gasteiger partial charge on any atom is 0.251 e. The van der Waals surface area contributed by atoms with E-state index in [1.165, 1.54) is 18.2 Å². The lowest BCUT2D eigenvalue weighted by Crippen LogP contribution is -2.44. The summed E-state index contributed by atoms with van der Waals surface area (Å²) in [6, 6.07) is 12.6. The number of benzene rings is 2. The van der Waals surface area contributed by atoms with Gasteiger partial charge in [0.25, 0.3) is 5.91 Å². The van der Waals surface area contributed by atoms with Crippen molar-refractivity contribution in [2.45, 2.75) is 55.4 Å². The van der Waals surface area contributed by atoms with E-state index < -0.39 is 10.0 Å². The summed E-state index contributed by atoms with van der Waals surface area (Å²) in [5, 5.41) is 2.99. The van der Waals surface area contributed by atoms with Crippen LogP contribution in [0.1, 0.15) is 54.9 Å². The normalized spacial score (nSPS) is 21.5. The second kappa shape index (κ2) is 9.91. The van der Waals surface area contributed by atoms with Gasteiger partial charge in [-0.3, -0.25) is 4.79 Å². The van der Waals surface area contributed by atoms with Gasteiger partial charge < -0.3 is 10.1 Å². The third-order valence-electron chi connectivity index (χ3n) is 6.94. The van der Waals surface area contributed by atoms with Crippen LogP contribution >= 0.6 is 0 Å². The SMILES string of the molecule is CC1CCCCN1S(=O)(=O)c1cccc(C(=O)NCC2(c3ccc(F)cc3)CCOCC2)c1. The quantitative estimate of drug-likeness (QED) is 0.690. The number of carbonyl (C=O) groups is 1. The average Bonchev–Trinajstić information content (AvgIpc) is 2.84. The van der Waals surface area contributed by atoms with E-state index in [2.05, 4.69) is 5.32 Å². The fourth-order valence-electron chi connectivity index (χ4n) is 4.85. The first-order valence-corrected chi connectivity index (χ1v) is 13.0. The van der Waals surface area contributed by atoms with E-state index in [1.807, 2.05) is 6.92 Å². The Morgan fingerprint density at radius 3 is 2.58 bits per heavy atom.